The molecule has 27 heavy (non-hydrogen) atoms. The van der Waals surface area contributed by atoms with E-state index in [0.29, 0.717) is 5.75 Å². The number of carbonyl (C=O) groups is 1. The Kier molecular flexibility index (Phi) is 7.30. The lowest BCUT2D eigenvalue weighted by Crippen LogP contribution is -2.36. The average Bonchev–Trinajstić information content (AvgIpc) is 2.91. The second-order valence-corrected chi connectivity index (χ2v) is 8.10. The Morgan fingerprint density at radius 3 is 2.41 bits per heavy atom. The molecule has 5 heteroatoms. The smallest absolute Gasteiger partial charge is 0.232 e. The Hall–Kier alpha value is -1.85. The predicted octanol–water partition coefficient (Wildman–Crippen LogP) is 4.10. The molecule has 0 bridgehead atoms. The molecule has 0 saturated carbocycles. The number of thioether (sulfide) groups is 1. The van der Waals surface area contributed by atoms with E-state index in [0.717, 1.165) is 50.5 Å². The molecule has 0 radical (unpaired) electrons. The zero-order valence-electron chi connectivity index (χ0n) is 15.9. The van der Waals surface area contributed by atoms with Gasteiger partial charge in [0.05, 0.1) is 5.75 Å². The van der Waals surface area contributed by atoms with Crippen LogP contribution >= 0.6 is 11.8 Å². The van der Waals surface area contributed by atoms with Gasteiger partial charge in [-0.15, -0.1) is 11.8 Å². The summed E-state index contributed by atoms with van der Waals surface area (Å²) in [6.07, 6.45) is 0.982. The van der Waals surface area contributed by atoms with Crippen molar-refractivity contribution in [2.75, 3.05) is 31.9 Å². The largest absolute Gasteiger partial charge is 0.341 e. The van der Waals surface area contributed by atoms with Crippen LogP contribution in [-0.4, -0.2) is 47.6 Å². The lowest BCUT2D eigenvalue weighted by atomic mass is 10.2. The van der Waals surface area contributed by atoms with Gasteiger partial charge >= 0.3 is 0 Å². The summed E-state index contributed by atoms with van der Waals surface area (Å²) in [5.41, 5.74) is 3.64. The number of halogens is 1. The predicted molar refractivity (Wildman–Crippen MR) is 110 cm³/mol. The van der Waals surface area contributed by atoms with Gasteiger partial charge in [-0.25, -0.2) is 4.39 Å². The van der Waals surface area contributed by atoms with Gasteiger partial charge in [-0.3, -0.25) is 9.69 Å². The fourth-order valence-corrected chi connectivity index (χ4v) is 4.15. The Balaban J connectivity index is 1.42. The van der Waals surface area contributed by atoms with Gasteiger partial charge in [0.15, 0.2) is 0 Å². The van der Waals surface area contributed by atoms with Crippen LogP contribution in [0.3, 0.4) is 0 Å². The normalized spacial score (nSPS) is 15.6. The molecule has 0 aliphatic carbocycles. The van der Waals surface area contributed by atoms with E-state index >= 15 is 0 Å². The first-order valence-electron chi connectivity index (χ1n) is 9.48. The summed E-state index contributed by atoms with van der Waals surface area (Å²) in [6, 6.07) is 15.2. The summed E-state index contributed by atoms with van der Waals surface area (Å²) in [5, 5.41) is 0. The fourth-order valence-electron chi connectivity index (χ4n) is 3.26. The quantitative estimate of drug-likeness (QED) is 0.747. The van der Waals surface area contributed by atoms with Crippen molar-refractivity contribution in [2.24, 2.45) is 0 Å². The van der Waals surface area contributed by atoms with Crippen LogP contribution in [0.25, 0.3) is 0 Å². The standard InChI is InChI=1S/C22H27FN2OS/c1-18-3-5-20(6-4-18)16-27-17-22(26)25-12-2-11-24(13-14-25)15-19-7-9-21(23)10-8-19/h3-10H,2,11-17H2,1H3. The number of nitrogens with zero attached hydrogens (tertiary/aromatic N) is 2. The highest BCUT2D eigenvalue weighted by atomic mass is 32.2. The Morgan fingerprint density at radius 1 is 0.963 bits per heavy atom. The molecule has 0 aromatic heterocycles. The third-order valence-corrected chi connectivity index (χ3v) is 5.86. The highest BCUT2D eigenvalue weighted by Gasteiger charge is 2.19. The van der Waals surface area contributed by atoms with E-state index in [2.05, 4.69) is 36.1 Å². The molecule has 1 saturated heterocycles. The maximum Gasteiger partial charge on any atom is 0.232 e. The topological polar surface area (TPSA) is 23.6 Å². The van der Waals surface area contributed by atoms with E-state index in [-0.39, 0.29) is 11.7 Å². The van der Waals surface area contributed by atoms with Crippen molar-refractivity contribution in [3.05, 3.63) is 71.0 Å². The van der Waals surface area contributed by atoms with Crippen LogP contribution in [-0.2, 0) is 17.1 Å². The molecule has 1 aliphatic rings. The second-order valence-electron chi connectivity index (χ2n) is 7.12. The summed E-state index contributed by atoms with van der Waals surface area (Å²) in [4.78, 5) is 16.9. The highest BCUT2D eigenvalue weighted by molar-refractivity contribution is 7.99. The van der Waals surface area contributed by atoms with Gasteiger partial charge in [-0.05, 0) is 36.6 Å². The van der Waals surface area contributed by atoms with E-state index in [9.17, 15) is 9.18 Å². The number of aryl methyl sites for hydroxylation is 1. The molecule has 0 atom stereocenters. The lowest BCUT2D eigenvalue weighted by molar-refractivity contribution is -0.128. The Morgan fingerprint density at radius 2 is 1.67 bits per heavy atom. The van der Waals surface area contributed by atoms with E-state index in [1.54, 1.807) is 11.8 Å². The molecule has 1 amide bonds. The van der Waals surface area contributed by atoms with Gasteiger partial charge in [-0.1, -0.05) is 42.0 Å². The molecule has 1 fully saturated rings. The van der Waals surface area contributed by atoms with Crippen LogP contribution < -0.4 is 0 Å². The van der Waals surface area contributed by atoms with Crippen LogP contribution in [0.5, 0.6) is 0 Å². The first-order valence-corrected chi connectivity index (χ1v) is 10.6. The lowest BCUT2D eigenvalue weighted by Gasteiger charge is -2.22. The first kappa shape index (κ1) is 19.9. The van der Waals surface area contributed by atoms with Crippen LogP contribution in [0.2, 0.25) is 0 Å². The molecular formula is C22H27FN2OS. The summed E-state index contributed by atoms with van der Waals surface area (Å²) < 4.78 is 13.0. The third kappa shape index (κ3) is 6.36. The minimum atomic E-state index is -0.200. The summed E-state index contributed by atoms with van der Waals surface area (Å²) >= 11 is 1.69. The number of carbonyl (C=O) groups excluding carboxylic acids is 1. The van der Waals surface area contributed by atoms with Gasteiger partial charge in [-0.2, -0.15) is 0 Å². The molecule has 1 aliphatic heterocycles. The summed E-state index contributed by atoms with van der Waals surface area (Å²) in [7, 11) is 0. The molecule has 0 unspecified atom stereocenters. The first-order chi connectivity index (χ1) is 13.1. The van der Waals surface area contributed by atoms with E-state index in [1.807, 2.05) is 17.0 Å². The van der Waals surface area contributed by atoms with Crippen molar-refractivity contribution in [2.45, 2.75) is 25.6 Å². The highest BCUT2D eigenvalue weighted by Crippen LogP contribution is 2.15. The molecule has 144 valence electrons. The van der Waals surface area contributed by atoms with E-state index in [1.165, 1.54) is 23.3 Å². The van der Waals surface area contributed by atoms with Crippen LogP contribution in [0.15, 0.2) is 48.5 Å². The van der Waals surface area contributed by atoms with Crippen LogP contribution in [0.1, 0.15) is 23.1 Å². The molecule has 1 heterocycles. The fraction of sp³-hybridized carbons (Fsp3) is 0.409. The van der Waals surface area contributed by atoms with Crippen molar-refractivity contribution in [3.63, 3.8) is 0 Å². The van der Waals surface area contributed by atoms with Gasteiger partial charge in [0.2, 0.25) is 5.91 Å². The second kappa shape index (κ2) is 9.90. The van der Waals surface area contributed by atoms with Crippen molar-refractivity contribution >= 4 is 17.7 Å². The number of hydrogen-bond acceptors (Lipinski definition) is 3. The zero-order chi connectivity index (χ0) is 19.1. The zero-order valence-corrected chi connectivity index (χ0v) is 16.7. The maximum atomic E-state index is 13.0. The van der Waals surface area contributed by atoms with Gasteiger partial charge in [0, 0.05) is 38.5 Å². The SMILES string of the molecule is Cc1ccc(CSCC(=O)N2CCCN(Cc3ccc(F)cc3)CC2)cc1. The van der Waals surface area contributed by atoms with Crippen molar-refractivity contribution in [1.82, 2.24) is 9.80 Å². The number of amides is 1. The van der Waals surface area contributed by atoms with Crippen molar-refractivity contribution < 1.29 is 9.18 Å². The third-order valence-electron chi connectivity index (χ3n) is 4.88. The Labute approximate surface area is 165 Å². The maximum absolute atomic E-state index is 13.0. The van der Waals surface area contributed by atoms with Crippen LogP contribution in [0, 0.1) is 12.7 Å². The summed E-state index contributed by atoms with van der Waals surface area (Å²) in [6.45, 7) is 6.32. The Bertz CT molecular complexity index is 733. The number of hydrogen-bond donors (Lipinski definition) is 0. The number of rotatable bonds is 6. The average molecular weight is 387 g/mol. The minimum Gasteiger partial charge on any atom is -0.341 e. The summed E-state index contributed by atoms with van der Waals surface area (Å²) in [5.74, 6) is 1.44. The molecule has 2 aromatic rings. The molecule has 3 nitrogen and oxygen atoms in total. The molecule has 0 N–H and O–H groups in total. The van der Waals surface area contributed by atoms with Gasteiger partial charge < -0.3 is 4.90 Å². The van der Waals surface area contributed by atoms with Gasteiger partial charge in [0.25, 0.3) is 0 Å². The van der Waals surface area contributed by atoms with Gasteiger partial charge in [0.1, 0.15) is 5.82 Å². The molecule has 2 aromatic carbocycles. The monoisotopic (exact) mass is 386 g/mol. The van der Waals surface area contributed by atoms with Crippen molar-refractivity contribution in [3.8, 4) is 0 Å². The van der Waals surface area contributed by atoms with Crippen molar-refractivity contribution in [1.29, 1.82) is 0 Å². The molecule has 3 rings (SSSR count). The number of benzene rings is 2. The van der Waals surface area contributed by atoms with E-state index < -0.39 is 0 Å². The molecule has 0 spiro atoms. The minimum absolute atomic E-state index is 0.200. The molecular weight excluding hydrogens is 359 g/mol. The van der Waals surface area contributed by atoms with Crippen LogP contribution in [0.4, 0.5) is 4.39 Å². The van der Waals surface area contributed by atoms with E-state index in [4.69, 9.17) is 0 Å².